The normalized spacial score (nSPS) is 11.0. The molecule has 0 saturated heterocycles. The molecule has 0 aliphatic rings. The lowest BCUT2D eigenvalue weighted by Crippen LogP contribution is -2.19. The van der Waals surface area contributed by atoms with Crippen molar-refractivity contribution in [2.75, 3.05) is 13.7 Å². The Morgan fingerprint density at radius 3 is 2.80 bits per heavy atom. The van der Waals surface area contributed by atoms with Crippen molar-refractivity contribution in [1.29, 1.82) is 0 Å². The third-order valence-corrected chi connectivity index (χ3v) is 3.53. The molecule has 0 amide bonds. The Morgan fingerprint density at radius 1 is 1.24 bits per heavy atom. The van der Waals surface area contributed by atoms with Gasteiger partial charge >= 0.3 is 5.97 Å². The van der Waals surface area contributed by atoms with E-state index in [1.165, 1.54) is 0 Å². The molecule has 8 nitrogen and oxygen atoms in total. The van der Waals surface area contributed by atoms with E-state index in [0.29, 0.717) is 37.2 Å². The molecule has 0 fully saturated rings. The predicted octanol–water partition coefficient (Wildman–Crippen LogP) is 2.27. The summed E-state index contributed by atoms with van der Waals surface area (Å²) in [5.41, 5.74) is 2.00. The Kier molecular flexibility index (Phi) is 5.20. The number of benzene rings is 1. The monoisotopic (exact) mass is 341 g/mol. The molecule has 8 heteroatoms. The van der Waals surface area contributed by atoms with Crippen LogP contribution in [-0.2, 0) is 17.8 Å². The first-order chi connectivity index (χ1) is 12.2. The fourth-order valence-corrected chi connectivity index (χ4v) is 2.40. The van der Waals surface area contributed by atoms with Gasteiger partial charge in [-0.15, -0.1) is 10.2 Å². The highest BCUT2D eigenvalue weighted by Crippen LogP contribution is 2.18. The highest BCUT2D eigenvalue weighted by molar-refractivity contribution is 5.88. The van der Waals surface area contributed by atoms with E-state index >= 15 is 0 Å². The van der Waals surface area contributed by atoms with Crippen molar-refractivity contribution >= 4 is 5.97 Å². The summed E-state index contributed by atoms with van der Waals surface area (Å²) in [4.78, 5) is 13.8. The van der Waals surface area contributed by atoms with Crippen molar-refractivity contribution in [2.24, 2.45) is 0 Å². The van der Waals surface area contributed by atoms with Crippen LogP contribution >= 0.6 is 0 Å². The lowest BCUT2D eigenvalue weighted by Gasteiger charge is -2.13. The minimum Gasteiger partial charge on any atom is -0.461 e. The van der Waals surface area contributed by atoms with E-state index in [0.717, 1.165) is 11.1 Å². The van der Waals surface area contributed by atoms with E-state index in [1.54, 1.807) is 13.1 Å². The van der Waals surface area contributed by atoms with Crippen molar-refractivity contribution in [1.82, 2.24) is 25.3 Å². The Labute approximate surface area is 144 Å². The van der Waals surface area contributed by atoms with Crippen LogP contribution in [0, 0.1) is 0 Å². The maximum absolute atomic E-state index is 11.9. The predicted molar refractivity (Wildman–Crippen MR) is 89.4 cm³/mol. The summed E-state index contributed by atoms with van der Waals surface area (Å²) in [5.74, 6) is 0.578. The van der Waals surface area contributed by atoms with Crippen LogP contribution in [0.25, 0.3) is 11.5 Å². The standard InChI is InChI=1S/C17H19N5O3/c1-3-24-17(23)15-13(9-18-20-15)10-22(2)11-14-19-21-16(25-14)12-7-5-4-6-8-12/h4-9H,3,10-11H2,1-2H3,(H,18,20). The molecule has 1 aromatic carbocycles. The fourth-order valence-electron chi connectivity index (χ4n) is 2.40. The Bertz CT molecular complexity index is 828. The number of aromatic nitrogens is 4. The summed E-state index contributed by atoms with van der Waals surface area (Å²) in [5, 5.41) is 14.8. The zero-order valence-electron chi connectivity index (χ0n) is 14.1. The zero-order chi connectivity index (χ0) is 17.6. The van der Waals surface area contributed by atoms with E-state index in [4.69, 9.17) is 9.15 Å². The van der Waals surface area contributed by atoms with E-state index in [-0.39, 0.29) is 0 Å². The van der Waals surface area contributed by atoms with Gasteiger partial charge in [0.15, 0.2) is 0 Å². The second-order valence-electron chi connectivity index (χ2n) is 5.53. The quantitative estimate of drug-likeness (QED) is 0.658. The highest BCUT2D eigenvalue weighted by Gasteiger charge is 2.17. The van der Waals surface area contributed by atoms with Gasteiger partial charge in [0.25, 0.3) is 0 Å². The van der Waals surface area contributed by atoms with Gasteiger partial charge in [-0.25, -0.2) is 4.79 Å². The van der Waals surface area contributed by atoms with Crippen molar-refractivity contribution in [3.63, 3.8) is 0 Å². The van der Waals surface area contributed by atoms with Gasteiger partial charge in [0.05, 0.1) is 19.3 Å². The van der Waals surface area contributed by atoms with E-state index in [2.05, 4.69) is 20.4 Å². The average molecular weight is 341 g/mol. The summed E-state index contributed by atoms with van der Waals surface area (Å²) in [6, 6.07) is 9.60. The molecule has 0 spiro atoms. The molecule has 3 rings (SSSR count). The Balaban J connectivity index is 1.64. The van der Waals surface area contributed by atoms with Gasteiger partial charge in [0.1, 0.15) is 5.69 Å². The summed E-state index contributed by atoms with van der Waals surface area (Å²) in [7, 11) is 1.90. The summed E-state index contributed by atoms with van der Waals surface area (Å²) < 4.78 is 10.7. The summed E-state index contributed by atoms with van der Waals surface area (Å²) in [6.07, 6.45) is 1.62. The van der Waals surface area contributed by atoms with Crippen molar-refractivity contribution < 1.29 is 13.9 Å². The molecule has 0 radical (unpaired) electrons. The second-order valence-corrected chi connectivity index (χ2v) is 5.53. The number of ether oxygens (including phenoxy) is 1. The molecule has 0 bridgehead atoms. The molecular formula is C17H19N5O3. The molecule has 0 unspecified atom stereocenters. The third-order valence-electron chi connectivity index (χ3n) is 3.53. The molecule has 0 saturated carbocycles. The number of hydrogen-bond acceptors (Lipinski definition) is 7. The van der Waals surface area contributed by atoms with Crippen LogP contribution in [0.3, 0.4) is 0 Å². The molecule has 0 aliphatic carbocycles. The van der Waals surface area contributed by atoms with Crippen LogP contribution in [0.15, 0.2) is 40.9 Å². The number of esters is 1. The van der Waals surface area contributed by atoms with Crippen LogP contribution in [0.1, 0.15) is 28.9 Å². The number of carbonyl (C=O) groups excluding carboxylic acids is 1. The molecule has 2 heterocycles. The fraction of sp³-hybridized carbons (Fsp3) is 0.294. The number of aromatic amines is 1. The van der Waals surface area contributed by atoms with Crippen LogP contribution in [0.2, 0.25) is 0 Å². The number of carbonyl (C=O) groups is 1. The van der Waals surface area contributed by atoms with Crippen molar-refractivity contribution in [3.05, 3.63) is 53.7 Å². The smallest absolute Gasteiger partial charge is 0.356 e. The van der Waals surface area contributed by atoms with Crippen LogP contribution < -0.4 is 0 Å². The maximum atomic E-state index is 11.9. The molecule has 25 heavy (non-hydrogen) atoms. The van der Waals surface area contributed by atoms with Gasteiger partial charge < -0.3 is 9.15 Å². The summed E-state index contributed by atoms with van der Waals surface area (Å²) >= 11 is 0. The second kappa shape index (κ2) is 7.71. The molecule has 0 aliphatic heterocycles. The Hall–Kier alpha value is -3.00. The highest BCUT2D eigenvalue weighted by atomic mass is 16.5. The van der Waals surface area contributed by atoms with Crippen LogP contribution in [0.4, 0.5) is 0 Å². The minimum absolute atomic E-state index is 0.317. The molecular weight excluding hydrogens is 322 g/mol. The number of nitrogens with one attached hydrogen (secondary N) is 1. The third kappa shape index (κ3) is 4.10. The largest absolute Gasteiger partial charge is 0.461 e. The minimum atomic E-state index is -0.410. The van der Waals surface area contributed by atoms with Gasteiger partial charge in [-0.05, 0) is 26.1 Å². The van der Waals surface area contributed by atoms with E-state index in [9.17, 15) is 4.79 Å². The Morgan fingerprint density at radius 2 is 2.04 bits per heavy atom. The van der Waals surface area contributed by atoms with Gasteiger partial charge in [-0.2, -0.15) is 5.10 Å². The van der Waals surface area contributed by atoms with Gasteiger partial charge in [0.2, 0.25) is 11.8 Å². The SMILES string of the molecule is CCOC(=O)c1[nH]ncc1CN(C)Cc1nnc(-c2ccccc2)o1. The van der Waals surface area contributed by atoms with Gasteiger partial charge in [-0.1, -0.05) is 18.2 Å². The number of rotatable bonds is 7. The number of H-pyrrole nitrogens is 1. The first-order valence-electron chi connectivity index (χ1n) is 7.93. The van der Waals surface area contributed by atoms with E-state index in [1.807, 2.05) is 42.3 Å². The van der Waals surface area contributed by atoms with E-state index < -0.39 is 5.97 Å². The average Bonchev–Trinajstić information content (AvgIpc) is 3.25. The number of nitrogens with zero attached hydrogens (tertiary/aromatic N) is 4. The zero-order valence-corrected chi connectivity index (χ0v) is 14.1. The lowest BCUT2D eigenvalue weighted by atomic mass is 10.2. The first-order valence-corrected chi connectivity index (χ1v) is 7.93. The maximum Gasteiger partial charge on any atom is 0.356 e. The van der Waals surface area contributed by atoms with Crippen molar-refractivity contribution in [2.45, 2.75) is 20.0 Å². The van der Waals surface area contributed by atoms with Gasteiger partial charge in [-0.3, -0.25) is 10.00 Å². The molecule has 2 aromatic heterocycles. The molecule has 1 N–H and O–H groups in total. The molecule has 3 aromatic rings. The molecule has 130 valence electrons. The summed E-state index contributed by atoms with van der Waals surface area (Å²) in [6.45, 7) is 3.03. The van der Waals surface area contributed by atoms with Crippen LogP contribution in [0.5, 0.6) is 0 Å². The lowest BCUT2D eigenvalue weighted by molar-refractivity contribution is 0.0517. The first kappa shape index (κ1) is 16.8. The van der Waals surface area contributed by atoms with Gasteiger partial charge in [0, 0.05) is 17.7 Å². The molecule has 0 atom stereocenters. The topological polar surface area (TPSA) is 97.1 Å². The van der Waals surface area contributed by atoms with Crippen molar-refractivity contribution in [3.8, 4) is 11.5 Å². The number of hydrogen-bond donors (Lipinski definition) is 1. The van der Waals surface area contributed by atoms with Crippen LogP contribution in [-0.4, -0.2) is 44.9 Å².